The number of halogens is 1. The summed E-state index contributed by atoms with van der Waals surface area (Å²) >= 11 is 0. The maximum Gasteiger partial charge on any atom is 0.323 e. The topological polar surface area (TPSA) is 59.0 Å². The van der Waals surface area contributed by atoms with E-state index in [0.29, 0.717) is 18.5 Å². The Morgan fingerprint density at radius 2 is 2.25 bits per heavy atom. The largest absolute Gasteiger partial charge is 0.494 e. The highest BCUT2D eigenvalue weighted by atomic mass is 19.1. The first-order valence-corrected chi connectivity index (χ1v) is 6.38. The Hall–Kier alpha value is -1.66. The van der Waals surface area contributed by atoms with Gasteiger partial charge in [0, 0.05) is 25.1 Å². The van der Waals surface area contributed by atoms with Crippen LogP contribution in [0.5, 0.6) is 5.75 Å². The van der Waals surface area contributed by atoms with Crippen molar-refractivity contribution in [2.45, 2.75) is 25.1 Å². The molecule has 110 valence electrons. The molecule has 0 bridgehead atoms. The van der Waals surface area contributed by atoms with Crippen molar-refractivity contribution in [1.82, 2.24) is 4.90 Å². The molecule has 1 aliphatic rings. The van der Waals surface area contributed by atoms with E-state index in [1.807, 2.05) is 0 Å². The van der Waals surface area contributed by atoms with Crippen molar-refractivity contribution in [3.05, 3.63) is 29.6 Å². The van der Waals surface area contributed by atoms with Crippen molar-refractivity contribution in [2.24, 2.45) is 0 Å². The van der Waals surface area contributed by atoms with Crippen LogP contribution >= 0.6 is 0 Å². The molecule has 6 heteroatoms. The van der Waals surface area contributed by atoms with Gasteiger partial charge in [-0.1, -0.05) is 12.1 Å². The van der Waals surface area contributed by atoms with Gasteiger partial charge in [-0.25, -0.2) is 4.39 Å². The van der Waals surface area contributed by atoms with Crippen LogP contribution in [-0.4, -0.2) is 48.9 Å². The number of esters is 1. The number of methoxy groups -OCH3 is 2. The van der Waals surface area contributed by atoms with Gasteiger partial charge in [-0.15, -0.1) is 0 Å². The summed E-state index contributed by atoms with van der Waals surface area (Å²) in [6.07, 6.45) is -0.300. The molecule has 1 aliphatic heterocycles. The zero-order valence-corrected chi connectivity index (χ0v) is 11.5. The van der Waals surface area contributed by atoms with Crippen molar-refractivity contribution in [3.63, 3.8) is 0 Å². The van der Waals surface area contributed by atoms with E-state index in [-0.39, 0.29) is 12.3 Å². The van der Waals surface area contributed by atoms with E-state index < -0.39 is 23.9 Å². The van der Waals surface area contributed by atoms with Crippen molar-refractivity contribution in [3.8, 4) is 5.75 Å². The van der Waals surface area contributed by atoms with E-state index in [2.05, 4.69) is 0 Å². The number of carbonyl (C=O) groups is 1. The Balaban J connectivity index is 2.18. The fourth-order valence-corrected chi connectivity index (χ4v) is 2.49. The molecule has 1 saturated heterocycles. The molecule has 5 nitrogen and oxygen atoms in total. The van der Waals surface area contributed by atoms with Gasteiger partial charge in [-0.05, 0) is 6.07 Å². The minimum absolute atomic E-state index is 0.164. The first-order valence-electron chi connectivity index (χ1n) is 6.38. The van der Waals surface area contributed by atoms with Gasteiger partial charge in [0.05, 0.1) is 20.3 Å². The van der Waals surface area contributed by atoms with E-state index in [9.17, 15) is 14.3 Å². The molecule has 1 fully saturated rings. The standard InChI is InChI=1S/C14H18FNO4/c1-19-12-5-3-4-9(13(12)15)7-16-8-10(17)6-11(16)14(18)20-2/h3-5,10-11,17H,6-8H2,1-2H3. The number of aliphatic hydroxyl groups excluding tert-OH is 1. The minimum atomic E-state index is -0.604. The SMILES string of the molecule is COC(=O)C1CC(O)CN1Cc1cccc(OC)c1F. The molecule has 2 atom stereocenters. The lowest BCUT2D eigenvalue weighted by Gasteiger charge is -2.22. The lowest BCUT2D eigenvalue weighted by molar-refractivity contribution is -0.146. The van der Waals surface area contributed by atoms with Gasteiger partial charge in [0.25, 0.3) is 0 Å². The predicted molar refractivity (Wildman–Crippen MR) is 69.8 cm³/mol. The molecule has 1 N–H and O–H groups in total. The van der Waals surface area contributed by atoms with Gasteiger partial charge in [-0.2, -0.15) is 0 Å². The summed E-state index contributed by atoms with van der Waals surface area (Å²) < 4.78 is 23.8. The van der Waals surface area contributed by atoms with Crippen molar-refractivity contribution < 1.29 is 23.8 Å². The van der Waals surface area contributed by atoms with Crippen LogP contribution in [0.15, 0.2) is 18.2 Å². The quantitative estimate of drug-likeness (QED) is 0.834. The molecule has 0 aliphatic carbocycles. The smallest absolute Gasteiger partial charge is 0.323 e. The second-order valence-corrected chi connectivity index (χ2v) is 4.79. The maximum atomic E-state index is 14.1. The second kappa shape index (κ2) is 6.19. The number of rotatable bonds is 4. The lowest BCUT2D eigenvalue weighted by atomic mass is 10.1. The number of nitrogens with zero attached hydrogens (tertiary/aromatic N) is 1. The third-order valence-corrected chi connectivity index (χ3v) is 3.49. The molecule has 2 rings (SSSR count). The molecule has 1 aromatic rings. The molecule has 0 amide bonds. The zero-order chi connectivity index (χ0) is 14.7. The molecular weight excluding hydrogens is 265 g/mol. The highest BCUT2D eigenvalue weighted by molar-refractivity contribution is 5.76. The number of β-amino-alcohol motifs (C(OH)–C–C–N with tert-alkyl or cyclic N) is 1. The van der Waals surface area contributed by atoms with E-state index in [4.69, 9.17) is 9.47 Å². The molecule has 20 heavy (non-hydrogen) atoms. The van der Waals surface area contributed by atoms with Gasteiger partial charge in [0.2, 0.25) is 0 Å². The third kappa shape index (κ3) is 2.91. The van der Waals surface area contributed by atoms with E-state index in [0.717, 1.165) is 0 Å². The van der Waals surface area contributed by atoms with Crippen LogP contribution in [0.2, 0.25) is 0 Å². The van der Waals surface area contributed by atoms with Crippen LogP contribution in [0.4, 0.5) is 4.39 Å². The summed E-state index contributed by atoms with van der Waals surface area (Å²) in [4.78, 5) is 13.4. The van der Waals surface area contributed by atoms with Gasteiger partial charge in [0.1, 0.15) is 6.04 Å². The number of benzene rings is 1. The Kier molecular flexibility index (Phi) is 4.57. The van der Waals surface area contributed by atoms with Crippen LogP contribution in [0.25, 0.3) is 0 Å². The third-order valence-electron chi connectivity index (χ3n) is 3.49. The summed E-state index contributed by atoms with van der Waals surface area (Å²) in [6, 6.07) is 4.32. The Morgan fingerprint density at radius 1 is 1.50 bits per heavy atom. The minimum Gasteiger partial charge on any atom is -0.494 e. The van der Waals surface area contributed by atoms with Crippen molar-refractivity contribution in [1.29, 1.82) is 0 Å². The van der Waals surface area contributed by atoms with Crippen LogP contribution < -0.4 is 4.74 Å². The van der Waals surface area contributed by atoms with E-state index >= 15 is 0 Å². The number of carbonyl (C=O) groups excluding carboxylic acids is 1. The van der Waals surface area contributed by atoms with Gasteiger partial charge in [0.15, 0.2) is 11.6 Å². The number of hydrogen-bond acceptors (Lipinski definition) is 5. The first-order chi connectivity index (χ1) is 9.56. The molecule has 1 aromatic carbocycles. The van der Waals surface area contributed by atoms with E-state index in [1.165, 1.54) is 20.3 Å². The Morgan fingerprint density at radius 3 is 2.90 bits per heavy atom. The molecule has 2 unspecified atom stereocenters. The van der Waals surface area contributed by atoms with Crippen molar-refractivity contribution in [2.75, 3.05) is 20.8 Å². The summed E-state index contributed by atoms with van der Waals surface area (Å²) in [7, 11) is 2.70. The van der Waals surface area contributed by atoms with Crippen LogP contribution in [0.3, 0.4) is 0 Å². The van der Waals surface area contributed by atoms with Gasteiger partial charge in [-0.3, -0.25) is 9.69 Å². The number of hydrogen-bond donors (Lipinski definition) is 1. The second-order valence-electron chi connectivity index (χ2n) is 4.79. The number of likely N-dealkylation sites (tertiary alicyclic amines) is 1. The Labute approximate surface area is 116 Å². The molecule has 1 heterocycles. The Bertz CT molecular complexity index is 494. The normalized spacial score (nSPS) is 22.8. The fraction of sp³-hybridized carbons (Fsp3) is 0.500. The van der Waals surface area contributed by atoms with Crippen LogP contribution in [0.1, 0.15) is 12.0 Å². The van der Waals surface area contributed by atoms with Gasteiger partial charge >= 0.3 is 5.97 Å². The monoisotopic (exact) mass is 283 g/mol. The summed E-state index contributed by atoms with van der Waals surface area (Å²) in [5.41, 5.74) is 0.423. The van der Waals surface area contributed by atoms with E-state index in [1.54, 1.807) is 17.0 Å². The highest BCUT2D eigenvalue weighted by Crippen LogP contribution is 2.25. The average molecular weight is 283 g/mol. The van der Waals surface area contributed by atoms with Crippen LogP contribution in [0, 0.1) is 5.82 Å². The highest BCUT2D eigenvalue weighted by Gasteiger charge is 2.37. The molecule has 0 radical (unpaired) electrons. The molecule has 0 aromatic heterocycles. The number of ether oxygens (including phenoxy) is 2. The predicted octanol–water partition coefficient (Wildman–Crippen LogP) is 0.942. The first kappa shape index (κ1) is 14.7. The summed E-state index contributed by atoms with van der Waals surface area (Å²) in [6.45, 7) is 0.538. The molecule has 0 spiro atoms. The maximum absolute atomic E-state index is 14.1. The average Bonchev–Trinajstić information content (AvgIpc) is 2.81. The zero-order valence-electron chi connectivity index (χ0n) is 11.5. The van der Waals surface area contributed by atoms with Crippen LogP contribution in [-0.2, 0) is 16.1 Å². The van der Waals surface area contributed by atoms with Gasteiger partial charge < -0.3 is 14.6 Å². The summed E-state index contributed by atoms with van der Waals surface area (Å²) in [5.74, 6) is -0.693. The summed E-state index contributed by atoms with van der Waals surface area (Å²) in [5, 5.41) is 9.69. The fourth-order valence-electron chi connectivity index (χ4n) is 2.49. The lowest BCUT2D eigenvalue weighted by Crippen LogP contribution is -2.36. The van der Waals surface area contributed by atoms with Crippen molar-refractivity contribution >= 4 is 5.97 Å². The molecular formula is C14H18FNO4. The number of aliphatic hydroxyl groups is 1. The molecule has 0 saturated carbocycles.